The molecule has 2 saturated carbocycles. The number of para-hydroxylation sites is 2. The quantitative estimate of drug-likeness (QED) is 0.145. The van der Waals surface area contributed by atoms with Crippen LogP contribution in [0.4, 0.5) is 34.1 Å². The number of hydrogen-bond donors (Lipinski definition) is 0. The summed E-state index contributed by atoms with van der Waals surface area (Å²) in [4.78, 5) is 4.86. The Morgan fingerprint density at radius 1 is 0.411 bits per heavy atom. The second-order valence-corrected chi connectivity index (χ2v) is 17.0. The van der Waals surface area contributed by atoms with Crippen molar-refractivity contribution < 1.29 is 0 Å². The Bertz CT molecular complexity index is 2540. The van der Waals surface area contributed by atoms with Crippen LogP contribution in [0, 0.1) is 0 Å². The molecule has 0 spiro atoms. The van der Waals surface area contributed by atoms with E-state index in [4.69, 9.17) is 0 Å². The maximum absolute atomic E-state index is 2.45. The van der Waals surface area contributed by atoms with E-state index in [1.807, 2.05) is 11.3 Å². The zero-order chi connectivity index (χ0) is 37.3. The van der Waals surface area contributed by atoms with Crippen LogP contribution in [-0.2, 0) is 5.41 Å². The summed E-state index contributed by atoms with van der Waals surface area (Å²) in [6.45, 7) is 0. The molecule has 1 heterocycles. The van der Waals surface area contributed by atoms with Gasteiger partial charge in [0.15, 0.2) is 0 Å². The fourth-order valence-electron chi connectivity index (χ4n) is 9.88. The van der Waals surface area contributed by atoms with E-state index < -0.39 is 0 Å². The lowest BCUT2D eigenvalue weighted by atomic mass is 9.73. The van der Waals surface area contributed by atoms with Gasteiger partial charge in [-0.2, -0.15) is 0 Å². The maximum atomic E-state index is 2.45. The fraction of sp³-hybridized carbons (Fsp3) is 0.208. The van der Waals surface area contributed by atoms with Crippen molar-refractivity contribution in [2.24, 2.45) is 0 Å². The lowest BCUT2D eigenvalue weighted by Crippen LogP contribution is -2.24. The third-order valence-electron chi connectivity index (χ3n) is 12.7. The van der Waals surface area contributed by atoms with Gasteiger partial charge in [-0.1, -0.05) is 129 Å². The van der Waals surface area contributed by atoms with Crippen LogP contribution in [0.3, 0.4) is 0 Å². The molecule has 0 bridgehead atoms. The van der Waals surface area contributed by atoms with Gasteiger partial charge in [-0.05, 0) is 127 Å². The molecule has 1 aromatic heterocycles. The summed E-state index contributed by atoms with van der Waals surface area (Å²) in [6.07, 6.45) is 11.6. The molecule has 0 atom stereocenters. The van der Waals surface area contributed by atoms with E-state index in [9.17, 15) is 0 Å². The lowest BCUT2D eigenvalue weighted by molar-refractivity contribution is 0.443. The molecule has 0 saturated heterocycles. The minimum atomic E-state index is -0.00255. The zero-order valence-electron chi connectivity index (χ0n) is 32.0. The highest BCUT2D eigenvalue weighted by Gasteiger charge is 2.37. The Morgan fingerprint density at radius 3 is 1.54 bits per heavy atom. The zero-order valence-corrected chi connectivity index (χ0v) is 32.8. The maximum Gasteiger partial charge on any atom is 0.0554 e. The summed E-state index contributed by atoms with van der Waals surface area (Å²) < 4.78 is 2.64. The van der Waals surface area contributed by atoms with Gasteiger partial charge in [0.2, 0.25) is 0 Å². The molecule has 8 aromatic rings. The van der Waals surface area contributed by atoms with Crippen molar-refractivity contribution in [2.75, 3.05) is 9.80 Å². The Morgan fingerprint density at radius 2 is 0.911 bits per heavy atom. The van der Waals surface area contributed by atoms with E-state index in [2.05, 4.69) is 186 Å². The minimum absolute atomic E-state index is 0.00255. The number of fused-ring (bicyclic) bond motifs is 3. The van der Waals surface area contributed by atoms with Crippen LogP contribution in [-0.4, -0.2) is 0 Å². The molecule has 7 aromatic carbocycles. The Labute approximate surface area is 335 Å². The molecule has 2 nitrogen and oxygen atoms in total. The van der Waals surface area contributed by atoms with Crippen molar-refractivity contribution >= 4 is 65.6 Å². The van der Waals surface area contributed by atoms with Crippen molar-refractivity contribution in [2.45, 2.75) is 69.1 Å². The highest BCUT2D eigenvalue weighted by atomic mass is 32.1. The smallest absolute Gasteiger partial charge is 0.0554 e. The van der Waals surface area contributed by atoms with E-state index in [0.717, 1.165) is 0 Å². The van der Waals surface area contributed by atoms with Crippen LogP contribution in [0.15, 0.2) is 176 Å². The number of benzene rings is 7. The largest absolute Gasteiger partial charge is 0.311 e. The molecule has 56 heavy (non-hydrogen) atoms. The molecule has 0 aliphatic heterocycles. The minimum Gasteiger partial charge on any atom is -0.311 e. The van der Waals surface area contributed by atoms with Crippen molar-refractivity contribution in [3.63, 3.8) is 0 Å². The van der Waals surface area contributed by atoms with E-state index in [1.165, 1.54) is 129 Å². The molecule has 0 radical (unpaired) electrons. The van der Waals surface area contributed by atoms with Gasteiger partial charge < -0.3 is 9.80 Å². The summed E-state index contributed by atoms with van der Waals surface area (Å²) in [5.74, 6) is 0.705. The van der Waals surface area contributed by atoms with Crippen LogP contribution in [0.5, 0.6) is 0 Å². The number of thiophene rings is 1. The molecule has 0 N–H and O–H groups in total. The van der Waals surface area contributed by atoms with Gasteiger partial charge in [0.1, 0.15) is 0 Å². The first-order chi connectivity index (χ1) is 27.7. The van der Waals surface area contributed by atoms with E-state index >= 15 is 0 Å². The van der Waals surface area contributed by atoms with E-state index in [0.29, 0.717) is 5.92 Å². The summed E-state index contributed by atoms with van der Waals surface area (Å²) in [5, 5.41) is 2.63. The topological polar surface area (TPSA) is 6.48 Å². The van der Waals surface area contributed by atoms with Gasteiger partial charge in [0.05, 0.1) is 5.69 Å². The molecular formula is C53H48N2S. The first kappa shape index (κ1) is 34.8. The van der Waals surface area contributed by atoms with Crippen molar-refractivity contribution in [3.8, 4) is 0 Å². The van der Waals surface area contributed by atoms with Gasteiger partial charge in [0, 0.05) is 54.0 Å². The summed E-state index contributed by atoms with van der Waals surface area (Å²) in [7, 11) is 0. The van der Waals surface area contributed by atoms with Gasteiger partial charge in [-0.25, -0.2) is 0 Å². The Hall–Kier alpha value is -5.64. The van der Waals surface area contributed by atoms with Crippen LogP contribution < -0.4 is 9.80 Å². The molecule has 2 fully saturated rings. The van der Waals surface area contributed by atoms with Gasteiger partial charge in [-0.15, -0.1) is 11.3 Å². The Balaban J connectivity index is 0.997. The Kier molecular flexibility index (Phi) is 9.41. The predicted molar refractivity (Wildman–Crippen MR) is 240 cm³/mol. The number of hydrogen-bond acceptors (Lipinski definition) is 3. The molecule has 2 aliphatic carbocycles. The highest BCUT2D eigenvalue weighted by molar-refractivity contribution is 7.26. The first-order valence-corrected chi connectivity index (χ1v) is 21.5. The van der Waals surface area contributed by atoms with Crippen LogP contribution in [0.25, 0.3) is 20.2 Å². The molecule has 0 unspecified atom stereocenters. The van der Waals surface area contributed by atoms with Crippen molar-refractivity contribution in [1.82, 2.24) is 0 Å². The van der Waals surface area contributed by atoms with E-state index in [1.54, 1.807) is 0 Å². The molecule has 10 rings (SSSR count). The van der Waals surface area contributed by atoms with Crippen molar-refractivity contribution in [1.29, 1.82) is 0 Å². The average molecular weight is 745 g/mol. The predicted octanol–water partition coefficient (Wildman–Crippen LogP) is 15.9. The average Bonchev–Trinajstić information content (AvgIpc) is 3.93. The van der Waals surface area contributed by atoms with Gasteiger partial charge >= 0.3 is 0 Å². The molecule has 3 heteroatoms. The van der Waals surface area contributed by atoms with Crippen LogP contribution >= 0.6 is 11.3 Å². The van der Waals surface area contributed by atoms with Crippen molar-refractivity contribution in [3.05, 3.63) is 193 Å². The second kappa shape index (κ2) is 15.1. The van der Waals surface area contributed by atoms with Crippen LogP contribution in [0.1, 0.15) is 80.4 Å². The summed E-state index contributed by atoms with van der Waals surface area (Å²) >= 11 is 1.88. The molecular weight excluding hydrogens is 697 g/mol. The molecule has 276 valence electrons. The number of anilines is 6. The normalized spacial score (nSPS) is 15.6. The summed E-state index contributed by atoms with van der Waals surface area (Å²) in [6, 6.07) is 65.8. The summed E-state index contributed by atoms with van der Waals surface area (Å²) in [5.41, 5.74) is 11.5. The second-order valence-electron chi connectivity index (χ2n) is 15.9. The third kappa shape index (κ3) is 6.38. The standard InChI is InChI=1S/C53H48N2S/c1-4-15-39(16-5-1)40-25-31-45(32-26-40)54(43-17-6-2-7-18-43)46-33-27-41(28-34-46)53(37-12-13-38-53)42-29-35-47(36-30-42)55(44-19-8-3-9-20-44)49-22-14-24-51-52(49)48-21-10-11-23-50(48)56-51/h2-3,6-11,14,17-36,39H,1,4-5,12-13,15-16,37-38H2. The number of rotatable bonds is 9. The fourth-order valence-corrected chi connectivity index (χ4v) is 11.0. The molecule has 0 amide bonds. The van der Waals surface area contributed by atoms with E-state index in [-0.39, 0.29) is 5.41 Å². The van der Waals surface area contributed by atoms with Crippen LogP contribution in [0.2, 0.25) is 0 Å². The monoisotopic (exact) mass is 744 g/mol. The lowest BCUT2D eigenvalue weighted by Gasteiger charge is -2.33. The SMILES string of the molecule is c1ccc(N(c2ccc(C3CCCCC3)cc2)c2ccc(C3(c4ccc(N(c5ccccc5)c5cccc6sc7ccccc7c56)cc4)CCCC3)cc2)cc1. The molecule has 2 aliphatic rings. The van der Waals surface area contributed by atoms with Gasteiger partial charge in [-0.3, -0.25) is 0 Å². The highest BCUT2D eigenvalue weighted by Crippen LogP contribution is 2.49. The third-order valence-corrected chi connectivity index (χ3v) is 13.8. The first-order valence-electron chi connectivity index (χ1n) is 20.7. The van der Waals surface area contributed by atoms with Gasteiger partial charge in [0.25, 0.3) is 0 Å². The number of nitrogens with zero attached hydrogens (tertiary/aromatic N) is 2.